The second-order valence-corrected chi connectivity index (χ2v) is 8.99. The van der Waals surface area contributed by atoms with Crippen molar-refractivity contribution < 1.29 is 17.9 Å². The van der Waals surface area contributed by atoms with Crippen LogP contribution in [-0.4, -0.2) is 47.5 Å². The number of benzene rings is 1. The number of fused-ring (bicyclic) bond motifs is 3. The number of anilines is 2. The fourth-order valence-corrected chi connectivity index (χ4v) is 5.04. The van der Waals surface area contributed by atoms with E-state index in [4.69, 9.17) is 9.72 Å². The number of nitrogens with one attached hydrogen (secondary N) is 2. The smallest absolute Gasteiger partial charge is 0.374 e. The van der Waals surface area contributed by atoms with Gasteiger partial charge >= 0.3 is 6.18 Å². The molecule has 180 valence electrons. The summed E-state index contributed by atoms with van der Waals surface area (Å²) < 4.78 is 46.0. The molecule has 2 aliphatic heterocycles. The predicted molar refractivity (Wildman–Crippen MR) is 124 cm³/mol. The Morgan fingerprint density at radius 1 is 1.24 bits per heavy atom. The number of halogens is 3. The highest BCUT2D eigenvalue weighted by Crippen LogP contribution is 2.37. The molecule has 2 saturated heterocycles. The summed E-state index contributed by atoms with van der Waals surface area (Å²) in [7, 11) is 1.83. The molecule has 7 nitrogen and oxygen atoms in total. The van der Waals surface area contributed by atoms with Gasteiger partial charge in [-0.2, -0.15) is 18.3 Å². The number of nitrogens with zero attached hydrogens (tertiary/aromatic N) is 4. The second kappa shape index (κ2) is 8.66. The first-order valence-corrected chi connectivity index (χ1v) is 11.4. The molecular formula is C24H27F3N6O. The van der Waals surface area contributed by atoms with Gasteiger partial charge in [0.15, 0.2) is 5.82 Å². The van der Waals surface area contributed by atoms with Crippen LogP contribution in [0.15, 0.2) is 30.5 Å². The number of pyridine rings is 1. The van der Waals surface area contributed by atoms with Crippen molar-refractivity contribution in [2.24, 2.45) is 0 Å². The fourth-order valence-electron chi connectivity index (χ4n) is 5.04. The van der Waals surface area contributed by atoms with Crippen molar-refractivity contribution in [3.8, 4) is 0 Å². The Balaban J connectivity index is 1.52. The number of alkyl halides is 3. The first kappa shape index (κ1) is 22.8. The van der Waals surface area contributed by atoms with E-state index in [9.17, 15) is 13.2 Å². The Morgan fingerprint density at radius 3 is 2.74 bits per heavy atom. The van der Waals surface area contributed by atoms with E-state index in [0.29, 0.717) is 30.6 Å². The van der Waals surface area contributed by atoms with Gasteiger partial charge in [-0.15, -0.1) is 5.10 Å². The number of morpholine rings is 1. The molecule has 2 aromatic heterocycles. The lowest BCUT2D eigenvalue weighted by atomic mass is 9.97. The summed E-state index contributed by atoms with van der Waals surface area (Å²) in [5.74, 6) is 1.36. The molecule has 0 unspecified atom stereocenters. The molecule has 0 saturated carbocycles. The van der Waals surface area contributed by atoms with E-state index in [1.807, 2.05) is 26.2 Å². The average molecular weight is 473 g/mol. The van der Waals surface area contributed by atoms with Gasteiger partial charge in [0.1, 0.15) is 5.82 Å². The molecule has 10 heteroatoms. The number of ether oxygens (including phenoxy) is 1. The van der Waals surface area contributed by atoms with Crippen molar-refractivity contribution in [1.82, 2.24) is 20.5 Å². The van der Waals surface area contributed by atoms with Crippen LogP contribution in [0.5, 0.6) is 0 Å². The summed E-state index contributed by atoms with van der Waals surface area (Å²) in [5.41, 5.74) is 0.898. The first-order chi connectivity index (χ1) is 16.3. The number of hydrogen-bond acceptors (Lipinski definition) is 7. The van der Waals surface area contributed by atoms with Gasteiger partial charge in [-0.05, 0) is 50.6 Å². The summed E-state index contributed by atoms with van der Waals surface area (Å²) in [4.78, 5) is 6.96. The maximum absolute atomic E-state index is 13.4. The third-order valence-corrected chi connectivity index (χ3v) is 6.77. The Kier molecular flexibility index (Phi) is 5.81. The molecule has 0 amide bonds. The van der Waals surface area contributed by atoms with E-state index < -0.39 is 17.8 Å². The van der Waals surface area contributed by atoms with Crippen molar-refractivity contribution in [3.05, 3.63) is 52.8 Å². The van der Waals surface area contributed by atoms with E-state index in [0.717, 1.165) is 41.3 Å². The fraction of sp³-hybridized carbons (Fsp3) is 0.458. The molecule has 5 rings (SSSR count). The van der Waals surface area contributed by atoms with Crippen molar-refractivity contribution in [2.75, 3.05) is 30.4 Å². The molecule has 0 radical (unpaired) electrons. The molecule has 2 bridgehead atoms. The molecule has 3 atom stereocenters. The minimum Gasteiger partial charge on any atom is -0.374 e. The highest BCUT2D eigenvalue weighted by molar-refractivity contribution is 5.94. The summed E-state index contributed by atoms with van der Waals surface area (Å²) in [6, 6.07) is 6.15. The standard InChI is InChI=1S/C24H27F3N6O/c1-13-17(5-4-6-20(13)24(25,26)27)14(2)30-23-18-8-22(33-11-16-7-15(33)12-34-16)29-9-19(18)21(10-28-3)31-32-23/h4-6,8-9,14-16,28H,7,10-12H2,1-3H3,(H,30,32)/t14-,15-,16-/m1/s1. The average Bonchev–Trinajstić information content (AvgIpc) is 3.43. The topological polar surface area (TPSA) is 75.2 Å². The quantitative estimate of drug-likeness (QED) is 0.556. The highest BCUT2D eigenvalue weighted by atomic mass is 19.4. The molecule has 2 N–H and O–H groups in total. The summed E-state index contributed by atoms with van der Waals surface area (Å²) in [5, 5.41) is 16.9. The van der Waals surface area contributed by atoms with Gasteiger partial charge in [0.25, 0.3) is 0 Å². The minimum atomic E-state index is -4.40. The summed E-state index contributed by atoms with van der Waals surface area (Å²) in [6.07, 6.45) is -1.36. The summed E-state index contributed by atoms with van der Waals surface area (Å²) in [6.45, 7) is 5.35. The Morgan fingerprint density at radius 2 is 2.06 bits per heavy atom. The maximum Gasteiger partial charge on any atom is 0.416 e. The van der Waals surface area contributed by atoms with Gasteiger partial charge in [-0.3, -0.25) is 0 Å². The van der Waals surface area contributed by atoms with Crippen LogP contribution in [0.1, 0.15) is 41.8 Å². The lowest BCUT2D eigenvalue weighted by Gasteiger charge is -2.28. The molecule has 2 fully saturated rings. The highest BCUT2D eigenvalue weighted by Gasteiger charge is 2.39. The van der Waals surface area contributed by atoms with Gasteiger partial charge < -0.3 is 20.3 Å². The van der Waals surface area contributed by atoms with Crippen LogP contribution in [0.4, 0.5) is 24.8 Å². The zero-order valence-electron chi connectivity index (χ0n) is 19.3. The van der Waals surface area contributed by atoms with Gasteiger partial charge in [0, 0.05) is 30.1 Å². The lowest BCUT2D eigenvalue weighted by Crippen LogP contribution is -2.37. The molecular weight excluding hydrogens is 445 g/mol. The molecule has 34 heavy (non-hydrogen) atoms. The van der Waals surface area contributed by atoms with Crippen LogP contribution in [-0.2, 0) is 17.5 Å². The largest absolute Gasteiger partial charge is 0.416 e. The van der Waals surface area contributed by atoms with Crippen LogP contribution < -0.4 is 15.5 Å². The molecule has 2 aliphatic rings. The third-order valence-electron chi connectivity index (χ3n) is 6.77. The Labute approximate surface area is 195 Å². The maximum atomic E-state index is 13.4. The van der Waals surface area contributed by atoms with E-state index in [1.54, 1.807) is 6.07 Å². The Bertz CT molecular complexity index is 1220. The predicted octanol–water partition coefficient (Wildman–Crippen LogP) is 4.22. The monoisotopic (exact) mass is 472 g/mol. The third kappa shape index (κ3) is 4.05. The van der Waals surface area contributed by atoms with Crippen LogP contribution in [0.3, 0.4) is 0 Å². The van der Waals surface area contributed by atoms with Crippen molar-refractivity contribution in [3.63, 3.8) is 0 Å². The Hall–Kier alpha value is -2.98. The summed E-state index contributed by atoms with van der Waals surface area (Å²) >= 11 is 0. The van der Waals surface area contributed by atoms with E-state index in [1.165, 1.54) is 13.0 Å². The van der Waals surface area contributed by atoms with Gasteiger partial charge in [0.05, 0.1) is 36.1 Å². The SMILES string of the molecule is CNCc1nnc(N[C@H](C)c2cccc(C(F)(F)F)c2C)c2cc(N3C[C@H]4C[C@@H]3CO4)ncc12. The van der Waals surface area contributed by atoms with Crippen LogP contribution in [0, 0.1) is 6.92 Å². The normalized spacial score (nSPS) is 20.8. The molecule has 0 aliphatic carbocycles. The van der Waals surface area contributed by atoms with Gasteiger partial charge in [-0.25, -0.2) is 4.98 Å². The molecule has 0 spiro atoms. The van der Waals surface area contributed by atoms with Crippen molar-refractivity contribution in [2.45, 2.75) is 51.2 Å². The van der Waals surface area contributed by atoms with Gasteiger partial charge in [-0.1, -0.05) is 12.1 Å². The molecule has 4 heterocycles. The first-order valence-electron chi connectivity index (χ1n) is 11.4. The number of hydrogen-bond donors (Lipinski definition) is 2. The van der Waals surface area contributed by atoms with Crippen LogP contribution in [0.2, 0.25) is 0 Å². The zero-order valence-corrected chi connectivity index (χ0v) is 19.3. The minimum absolute atomic E-state index is 0.203. The van der Waals surface area contributed by atoms with Crippen molar-refractivity contribution >= 4 is 22.4 Å². The second-order valence-electron chi connectivity index (χ2n) is 8.99. The number of aromatic nitrogens is 3. The van der Waals surface area contributed by atoms with E-state index >= 15 is 0 Å². The van der Waals surface area contributed by atoms with Gasteiger partial charge in [0.2, 0.25) is 0 Å². The van der Waals surface area contributed by atoms with E-state index in [-0.39, 0.29) is 11.7 Å². The van der Waals surface area contributed by atoms with Crippen LogP contribution in [0.25, 0.3) is 10.8 Å². The molecule has 3 aromatic rings. The zero-order chi connectivity index (χ0) is 24.0. The lowest BCUT2D eigenvalue weighted by molar-refractivity contribution is -0.138. The molecule has 1 aromatic carbocycles. The van der Waals surface area contributed by atoms with Crippen LogP contribution >= 0.6 is 0 Å². The van der Waals surface area contributed by atoms with Crippen molar-refractivity contribution in [1.29, 1.82) is 0 Å². The van der Waals surface area contributed by atoms with E-state index in [2.05, 4.69) is 25.7 Å². The number of rotatable bonds is 6.